The molecule has 0 saturated carbocycles. The van der Waals surface area contributed by atoms with E-state index in [0.29, 0.717) is 0 Å². The van der Waals surface area contributed by atoms with Crippen molar-refractivity contribution in [3.05, 3.63) is 42.5 Å². The lowest BCUT2D eigenvalue weighted by molar-refractivity contribution is 0.415. The maximum Gasteiger partial charge on any atom is 0.119 e. The Morgan fingerprint density at radius 1 is 1.29 bits per heavy atom. The minimum Gasteiger partial charge on any atom is -0.497 e. The van der Waals surface area contributed by atoms with Crippen molar-refractivity contribution >= 4 is 5.69 Å². The van der Waals surface area contributed by atoms with E-state index in [1.807, 2.05) is 48.3 Å². The smallest absolute Gasteiger partial charge is 0.119 e. The second kappa shape index (κ2) is 5.39. The molecule has 1 heterocycles. The number of imidazole rings is 1. The third-order valence-corrected chi connectivity index (χ3v) is 2.69. The number of methoxy groups -OCH3 is 1. The van der Waals surface area contributed by atoms with E-state index < -0.39 is 0 Å². The van der Waals surface area contributed by atoms with Crippen molar-refractivity contribution in [2.75, 3.05) is 19.0 Å². The van der Waals surface area contributed by atoms with Crippen LogP contribution in [-0.4, -0.2) is 23.2 Å². The fourth-order valence-corrected chi connectivity index (χ4v) is 1.66. The Bertz CT molecular complexity index is 462. The molecule has 0 bridgehead atoms. The Morgan fingerprint density at radius 2 is 2.06 bits per heavy atom. The van der Waals surface area contributed by atoms with Crippen LogP contribution in [0.2, 0.25) is 0 Å². The Hall–Kier alpha value is -1.97. The predicted octanol–water partition coefficient (Wildman–Crippen LogP) is 2.08. The number of hydrogen-bond acceptors (Lipinski definition) is 3. The van der Waals surface area contributed by atoms with Gasteiger partial charge in [-0.1, -0.05) is 0 Å². The number of nitrogens with zero attached hydrogens (tertiary/aromatic N) is 2. The number of rotatable bonds is 5. The fraction of sp³-hybridized carbons (Fsp3) is 0.308. The standard InChI is InChI=1S/C13H17N3O/c1-16-10-9-15-13(16)7-8-14-11-3-5-12(17-2)6-4-11/h3-6,9-10,14H,7-8H2,1-2H3. The summed E-state index contributed by atoms with van der Waals surface area (Å²) < 4.78 is 7.14. The van der Waals surface area contributed by atoms with E-state index in [-0.39, 0.29) is 0 Å². The Morgan fingerprint density at radius 3 is 2.65 bits per heavy atom. The van der Waals surface area contributed by atoms with Gasteiger partial charge in [-0.05, 0) is 24.3 Å². The van der Waals surface area contributed by atoms with Crippen LogP contribution in [0.25, 0.3) is 0 Å². The molecule has 0 aliphatic carbocycles. The molecular formula is C13H17N3O. The van der Waals surface area contributed by atoms with E-state index >= 15 is 0 Å². The highest BCUT2D eigenvalue weighted by molar-refractivity contribution is 5.46. The molecule has 0 fully saturated rings. The molecule has 2 rings (SSSR count). The quantitative estimate of drug-likeness (QED) is 0.856. The minimum atomic E-state index is 0.872. The number of ether oxygens (including phenoxy) is 1. The molecule has 1 N–H and O–H groups in total. The van der Waals surface area contributed by atoms with Crippen molar-refractivity contribution < 1.29 is 4.74 Å². The SMILES string of the molecule is COc1ccc(NCCc2nccn2C)cc1. The maximum atomic E-state index is 5.11. The van der Waals surface area contributed by atoms with Crippen molar-refractivity contribution in [1.82, 2.24) is 9.55 Å². The van der Waals surface area contributed by atoms with E-state index in [2.05, 4.69) is 10.3 Å². The van der Waals surface area contributed by atoms with Gasteiger partial charge in [-0.2, -0.15) is 0 Å². The largest absolute Gasteiger partial charge is 0.497 e. The lowest BCUT2D eigenvalue weighted by Gasteiger charge is -2.07. The first kappa shape index (κ1) is 11.5. The summed E-state index contributed by atoms with van der Waals surface area (Å²) in [6.45, 7) is 0.872. The molecule has 0 atom stereocenters. The third-order valence-electron chi connectivity index (χ3n) is 2.69. The topological polar surface area (TPSA) is 39.1 Å². The number of aromatic nitrogens is 2. The molecular weight excluding hydrogens is 214 g/mol. The van der Waals surface area contributed by atoms with E-state index in [0.717, 1.165) is 30.2 Å². The molecule has 0 unspecified atom stereocenters. The summed E-state index contributed by atoms with van der Waals surface area (Å²) in [6.07, 6.45) is 4.70. The molecule has 1 aromatic heterocycles. The molecule has 0 amide bonds. The molecule has 0 radical (unpaired) electrons. The first-order valence-corrected chi connectivity index (χ1v) is 5.64. The van der Waals surface area contributed by atoms with Gasteiger partial charge in [0.25, 0.3) is 0 Å². The maximum absolute atomic E-state index is 5.11. The van der Waals surface area contributed by atoms with Crippen LogP contribution in [0.3, 0.4) is 0 Å². The summed E-state index contributed by atoms with van der Waals surface area (Å²) in [7, 11) is 3.68. The van der Waals surface area contributed by atoms with Gasteiger partial charge in [0.05, 0.1) is 7.11 Å². The lowest BCUT2D eigenvalue weighted by Crippen LogP contribution is -2.08. The van der Waals surface area contributed by atoms with Gasteiger partial charge in [0, 0.05) is 38.1 Å². The van der Waals surface area contributed by atoms with Crippen LogP contribution in [0.15, 0.2) is 36.7 Å². The van der Waals surface area contributed by atoms with Gasteiger partial charge in [0.15, 0.2) is 0 Å². The number of benzene rings is 1. The van der Waals surface area contributed by atoms with Gasteiger partial charge < -0.3 is 14.6 Å². The Balaban J connectivity index is 1.83. The average Bonchev–Trinajstić information content (AvgIpc) is 2.76. The number of aryl methyl sites for hydroxylation is 1. The summed E-state index contributed by atoms with van der Waals surface area (Å²) in [5.74, 6) is 1.96. The van der Waals surface area contributed by atoms with Crippen molar-refractivity contribution in [3.63, 3.8) is 0 Å². The predicted molar refractivity (Wildman–Crippen MR) is 68.4 cm³/mol. The van der Waals surface area contributed by atoms with Gasteiger partial charge >= 0.3 is 0 Å². The lowest BCUT2D eigenvalue weighted by atomic mass is 10.3. The second-order valence-electron chi connectivity index (χ2n) is 3.86. The summed E-state index contributed by atoms with van der Waals surface area (Å²) in [6, 6.07) is 7.92. The fourth-order valence-electron chi connectivity index (χ4n) is 1.66. The van der Waals surface area contributed by atoms with Crippen LogP contribution < -0.4 is 10.1 Å². The molecule has 2 aromatic rings. The molecule has 0 saturated heterocycles. The highest BCUT2D eigenvalue weighted by Gasteiger charge is 1.98. The van der Waals surface area contributed by atoms with Crippen LogP contribution in [0.1, 0.15) is 5.82 Å². The van der Waals surface area contributed by atoms with Gasteiger partial charge in [0.1, 0.15) is 11.6 Å². The van der Waals surface area contributed by atoms with E-state index in [1.165, 1.54) is 0 Å². The molecule has 0 aliphatic heterocycles. The molecule has 17 heavy (non-hydrogen) atoms. The van der Waals surface area contributed by atoms with Crippen LogP contribution in [0.4, 0.5) is 5.69 Å². The van der Waals surface area contributed by atoms with Gasteiger partial charge in [0.2, 0.25) is 0 Å². The van der Waals surface area contributed by atoms with E-state index in [9.17, 15) is 0 Å². The zero-order valence-electron chi connectivity index (χ0n) is 10.2. The molecule has 90 valence electrons. The molecule has 4 nitrogen and oxygen atoms in total. The second-order valence-corrected chi connectivity index (χ2v) is 3.86. The van der Waals surface area contributed by atoms with E-state index in [4.69, 9.17) is 4.74 Å². The normalized spacial score (nSPS) is 10.2. The highest BCUT2D eigenvalue weighted by atomic mass is 16.5. The van der Waals surface area contributed by atoms with E-state index in [1.54, 1.807) is 7.11 Å². The average molecular weight is 231 g/mol. The molecule has 0 spiro atoms. The summed E-state index contributed by atoms with van der Waals surface area (Å²) in [5, 5.41) is 3.35. The first-order chi connectivity index (χ1) is 8.29. The van der Waals surface area contributed by atoms with Gasteiger partial charge in [-0.25, -0.2) is 4.98 Å². The monoisotopic (exact) mass is 231 g/mol. The Labute approximate surface area is 101 Å². The van der Waals surface area contributed by atoms with Crippen LogP contribution >= 0.6 is 0 Å². The number of nitrogens with one attached hydrogen (secondary N) is 1. The highest BCUT2D eigenvalue weighted by Crippen LogP contribution is 2.14. The van der Waals surface area contributed by atoms with Crippen LogP contribution in [0.5, 0.6) is 5.75 Å². The summed E-state index contributed by atoms with van der Waals surface area (Å²) in [4.78, 5) is 4.28. The zero-order chi connectivity index (χ0) is 12.1. The van der Waals surface area contributed by atoms with Crippen molar-refractivity contribution in [1.29, 1.82) is 0 Å². The van der Waals surface area contributed by atoms with Gasteiger partial charge in [-0.15, -0.1) is 0 Å². The summed E-state index contributed by atoms with van der Waals surface area (Å²) in [5.41, 5.74) is 1.10. The van der Waals surface area contributed by atoms with Crippen molar-refractivity contribution in [2.45, 2.75) is 6.42 Å². The zero-order valence-corrected chi connectivity index (χ0v) is 10.2. The number of hydrogen-bond donors (Lipinski definition) is 1. The molecule has 1 aromatic carbocycles. The number of anilines is 1. The first-order valence-electron chi connectivity index (χ1n) is 5.64. The molecule has 4 heteroatoms. The summed E-state index contributed by atoms with van der Waals surface area (Å²) >= 11 is 0. The van der Waals surface area contributed by atoms with Crippen molar-refractivity contribution in [3.8, 4) is 5.75 Å². The molecule has 0 aliphatic rings. The third kappa shape index (κ3) is 3.00. The van der Waals surface area contributed by atoms with Crippen molar-refractivity contribution in [2.24, 2.45) is 7.05 Å². The van der Waals surface area contributed by atoms with Crippen LogP contribution in [0, 0.1) is 0 Å². The Kier molecular flexibility index (Phi) is 3.65. The minimum absolute atomic E-state index is 0.872. The van der Waals surface area contributed by atoms with Gasteiger partial charge in [-0.3, -0.25) is 0 Å². The van der Waals surface area contributed by atoms with Crippen LogP contribution in [-0.2, 0) is 13.5 Å².